The summed E-state index contributed by atoms with van der Waals surface area (Å²) >= 11 is 0. The van der Waals surface area contributed by atoms with Crippen LogP contribution in [0.2, 0.25) is 0 Å². The molecule has 0 fully saturated rings. The molecule has 4 heteroatoms. The molecule has 1 atom stereocenters. The molecule has 0 aliphatic rings. The predicted octanol–water partition coefficient (Wildman–Crippen LogP) is 11.1. The third-order valence-electron chi connectivity index (χ3n) is 7.49. The fourth-order valence-corrected chi connectivity index (χ4v) is 5.00. The molecule has 38 heavy (non-hydrogen) atoms. The summed E-state index contributed by atoms with van der Waals surface area (Å²) in [5, 5.41) is 8.72. The molecular formula is C34H64O4. The zero-order valence-corrected chi connectivity index (χ0v) is 25.5. The molecule has 0 aromatic rings. The molecule has 0 saturated carbocycles. The number of rotatable bonds is 30. The number of allylic oxidation sites excluding steroid dienone is 2. The molecule has 224 valence electrons. The smallest absolute Gasteiger partial charge is 0.306 e. The van der Waals surface area contributed by atoms with Crippen LogP contribution in [-0.2, 0) is 14.3 Å². The number of carbonyl (C=O) groups is 2. The Morgan fingerprint density at radius 2 is 0.947 bits per heavy atom. The Bertz CT molecular complexity index is 543. The number of hydrogen-bond acceptors (Lipinski definition) is 3. The molecule has 1 N–H and O–H groups in total. The summed E-state index contributed by atoms with van der Waals surface area (Å²) in [6.07, 6.45) is 35.1. The monoisotopic (exact) mass is 536 g/mol. The second kappa shape index (κ2) is 30.2. The van der Waals surface area contributed by atoms with Gasteiger partial charge in [-0.2, -0.15) is 0 Å². The minimum absolute atomic E-state index is 0.00121. The molecule has 1 unspecified atom stereocenters. The molecule has 0 aliphatic carbocycles. The van der Waals surface area contributed by atoms with Gasteiger partial charge < -0.3 is 9.84 Å². The zero-order valence-electron chi connectivity index (χ0n) is 25.5. The molecule has 0 spiro atoms. The minimum Gasteiger partial charge on any atom is -0.481 e. The maximum absolute atomic E-state index is 12.5. The Kier molecular flexibility index (Phi) is 29.2. The second-order valence-corrected chi connectivity index (χ2v) is 11.3. The zero-order chi connectivity index (χ0) is 27.9. The van der Waals surface area contributed by atoms with Crippen LogP contribution >= 0.6 is 0 Å². The molecule has 0 aromatic carbocycles. The summed E-state index contributed by atoms with van der Waals surface area (Å²) in [5.74, 6) is -0.693. The quantitative estimate of drug-likeness (QED) is 0.0563. The van der Waals surface area contributed by atoms with Crippen molar-refractivity contribution < 1.29 is 19.4 Å². The predicted molar refractivity (Wildman–Crippen MR) is 163 cm³/mol. The van der Waals surface area contributed by atoms with E-state index in [1.165, 1.54) is 89.9 Å². The van der Waals surface area contributed by atoms with E-state index in [0.29, 0.717) is 6.42 Å². The SMILES string of the molecule is CCCCCC/C=C\CCCCCCCCC(=O)OC(CCCCCCC)CCCCCCCCC(=O)O. The van der Waals surface area contributed by atoms with Crippen LogP contribution in [0, 0.1) is 0 Å². The lowest BCUT2D eigenvalue weighted by atomic mass is 10.0. The molecule has 0 rings (SSSR count). The Hall–Kier alpha value is -1.32. The van der Waals surface area contributed by atoms with Gasteiger partial charge in [0.15, 0.2) is 0 Å². The largest absolute Gasteiger partial charge is 0.481 e. The Morgan fingerprint density at radius 3 is 1.45 bits per heavy atom. The van der Waals surface area contributed by atoms with Crippen molar-refractivity contribution in [3.63, 3.8) is 0 Å². The maximum Gasteiger partial charge on any atom is 0.306 e. The number of ether oxygens (including phenoxy) is 1. The van der Waals surface area contributed by atoms with Gasteiger partial charge in [-0.25, -0.2) is 0 Å². The van der Waals surface area contributed by atoms with Crippen LogP contribution in [0.5, 0.6) is 0 Å². The van der Waals surface area contributed by atoms with Gasteiger partial charge in [-0.1, -0.05) is 122 Å². The van der Waals surface area contributed by atoms with E-state index < -0.39 is 5.97 Å². The Balaban J connectivity index is 3.90. The first-order chi connectivity index (χ1) is 18.6. The van der Waals surface area contributed by atoms with Crippen LogP contribution < -0.4 is 0 Å². The van der Waals surface area contributed by atoms with Crippen LogP contribution in [0.1, 0.15) is 187 Å². The lowest BCUT2D eigenvalue weighted by Gasteiger charge is -2.18. The van der Waals surface area contributed by atoms with Gasteiger partial charge in [0.2, 0.25) is 0 Å². The highest BCUT2D eigenvalue weighted by Gasteiger charge is 2.14. The number of hydrogen-bond donors (Lipinski definition) is 1. The van der Waals surface area contributed by atoms with Gasteiger partial charge >= 0.3 is 11.9 Å². The third-order valence-corrected chi connectivity index (χ3v) is 7.49. The van der Waals surface area contributed by atoms with Crippen molar-refractivity contribution in [3.8, 4) is 0 Å². The van der Waals surface area contributed by atoms with E-state index >= 15 is 0 Å². The fourth-order valence-electron chi connectivity index (χ4n) is 5.00. The van der Waals surface area contributed by atoms with E-state index in [0.717, 1.165) is 70.6 Å². The van der Waals surface area contributed by atoms with Crippen LogP contribution in [0.3, 0.4) is 0 Å². The van der Waals surface area contributed by atoms with Crippen molar-refractivity contribution in [2.45, 2.75) is 193 Å². The van der Waals surface area contributed by atoms with E-state index in [1.807, 2.05) is 0 Å². The number of carboxylic acid groups (broad SMARTS) is 1. The fraction of sp³-hybridized carbons (Fsp3) is 0.882. The number of carboxylic acids is 1. The molecule has 0 aromatic heterocycles. The standard InChI is InChI=1S/C34H64O4/c1-3-5-7-9-10-11-12-13-14-15-16-17-23-27-31-34(37)38-32(28-24-20-8-6-4-2)29-25-21-18-19-22-26-30-33(35)36/h11-12,32H,3-10,13-31H2,1-2H3,(H,35,36)/b12-11-. The van der Waals surface area contributed by atoms with Gasteiger partial charge in [-0.15, -0.1) is 0 Å². The topological polar surface area (TPSA) is 63.6 Å². The average Bonchev–Trinajstić information content (AvgIpc) is 2.89. The molecule has 0 aliphatic heterocycles. The highest BCUT2D eigenvalue weighted by atomic mass is 16.5. The van der Waals surface area contributed by atoms with Gasteiger partial charge in [0, 0.05) is 12.8 Å². The highest BCUT2D eigenvalue weighted by Crippen LogP contribution is 2.18. The van der Waals surface area contributed by atoms with Crippen molar-refractivity contribution in [3.05, 3.63) is 12.2 Å². The van der Waals surface area contributed by atoms with Gasteiger partial charge in [0.25, 0.3) is 0 Å². The minimum atomic E-state index is -0.694. The lowest BCUT2D eigenvalue weighted by Crippen LogP contribution is -2.18. The van der Waals surface area contributed by atoms with Gasteiger partial charge in [0.1, 0.15) is 6.10 Å². The van der Waals surface area contributed by atoms with Crippen LogP contribution in [0.15, 0.2) is 12.2 Å². The third kappa shape index (κ3) is 29.2. The molecule has 0 saturated heterocycles. The van der Waals surface area contributed by atoms with E-state index in [9.17, 15) is 9.59 Å². The van der Waals surface area contributed by atoms with Gasteiger partial charge in [0.05, 0.1) is 0 Å². The summed E-state index contributed by atoms with van der Waals surface area (Å²) in [7, 11) is 0. The number of aliphatic carboxylic acids is 1. The summed E-state index contributed by atoms with van der Waals surface area (Å²) in [5.41, 5.74) is 0. The lowest BCUT2D eigenvalue weighted by molar-refractivity contribution is -0.150. The Morgan fingerprint density at radius 1 is 0.553 bits per heavy atom. The Labute approximate surface area is 236 Å². The van der Waals surface area contributed by atoms with Crippen molar-refractivity contribution >= 4 is 11.9 Å². The summed E-state index contributed by atoms with van der Waals surface area (Å²) in [6, 6.07) is 0. The normalized spacial score (nSPS) is 12.3. The second-order valence-electron chi connectivity index (χ2n) is 11.3. The van der Waals surface area contributed by atoms with Crippen molar-refractivity contribution in [1.29, 1.82) is 0 Å². The first-order valence-electron chi connectivity index (χ1n) is 16.7. The van der Waals surface area contributed by atoms with Crippen molar-refractivity contribution in [1.82, 2.24) is 0 Å². The van der Waals surface area contributed by atoms with Gasteiger partial charge in [-0.3, -0.25) is 9.59 Å². The molecular weight excluding hydrogens is 472 g/mol. The molecule has 0 radical (unpaired) electrons. The molecule has 0 bridgehead atoms. The van der Waals surface area contributed by atoms with Gasteiger partial charge in [-0.05, 0) is 64.2 Å². The average molecular weight is 537 g/mol. The number of unbranched alkanes of at least 4 members (excludes halogenated alkanes) is 19. The highest BCUT2D eigenvalue weighted by molar-refractivity contribution is 5.69. The van der Waals surface area contributed by atoms with E-state index in [4.69, 9.17) is 9.84 Å². The first-order valence-corrected chi connectivity index (χ1v) is 16.7. The molecule has 0 amide bonds. The number of esters is 1. The maximum atomic E-state index is 12.5. The van der Waals surface area contributed by atoms with Crippen LogP contribution in [0.4, 0.5) is 0 Å². The summed E-state index contributed by atoms with van der Waals surface area (Å²) in [6.45, 7) is 4.50. The van der Waals surface area contributed by atoms with E-state index in [-0.39, 0.29) is 18.5 Å². The van der Waals surface area contributed by atoms with E-state index in [1.54, 1.807) is 0 Å². The first kappa shape index (κ1) is 36.7. The van der Waals surface area contributed by atoms with Crippen molar-refractivity contribution in [2.75, 3.05) is 0 Å². The van der Waals surface area contributed by atoms with Crippen LogP contribution in [-0.4, -0.2) is 23.1 Å². The molecule has 0 heterocycles. The van der Waals surface area contributed by atoms with Crippen molar-refractivity contribution in [2.24, 2.45) is 0 Å². The number of carbonyl (C=O) groups excluding carboxylic acids is 1. The summed E-state index contributed by atoms with van der Waals surface area (Å²) in [4.78, 5) is 23.1. The summed E-state index contributed by atoms with van der Waals surface area (Å²) < 4.78 is 5.93. The molecule has 4 nitrogen and oxygen atoms in total. The van der Waals surface area contributed by atoms with Crippen LogP contribution in [0.25, 0.3) is 0 Å². The van der Waals surface area contributed by atoms with E-state index in [2.05, 4.69) is 26.0 Å².